The van der Waals surface area contributed by atoms with Gasteiger partial charge in [0.25, 0.3) is 0 Å². The zero-order valence-corrected chi connectivity index (χ0v) is 14.2. The summed E-state index contributed by atoms with van der Waals surface area (Å²) in [5.41, 5.74) is -0.675. The van der Waals surface area contributed by atoms with E-state index < -0.39 is 5.60 Å². The normalized spacial score (nSPS) is 40.0. The summed E-state index contributed by atoms with van der Waals surface area (Å²) in [6, 6.07) is 1.98. The number of hydrogen-bond donors (Lipinski definition) is 2. The van der Waals surface area contributed by atoms with Crippen LogP contribution in [0.15, 0.2) is 0 Å². The van der Waals surface area contributed by atoms with E-state index in [-0.39, 0.29) is 17.5 Å². The van der Waals surface area contributed by atoms with Crippen molar-refractivity contribution in [1.29, 1.82) is 5.26 Å². The first-order chi connectivity index (χ1) is 11.0. The lowest BCUT2D eigenvalue weighted by atomic mass is 9.61. The zero-order valence-electron chi connectivity index (χ0n) is 14.2. The molecule has 2 N–H and O–H groups in total. The summed E-state index contributed by atoms with van der Waals surface area (Å²) in [5, 5.41) is 23.5. The van der Waals surface area contributed by atoms with Gasteiger partial charge < -0.3 is 15.3 Å². The number of nitriles is 1. The molecule has 3 aliphatic rings. The first-order valence-corrected chi connectivity index (χ1v) is 9.16. The first-order valence-electron chi connectivity index (χ1n) is 9.16. The highest BCUT2D eigenvalue weighted by Gasteiger charge is 2.48. The molecule has 3 unspecified atom stereocenters. The number of likely N-dealkylation sites (tertiary alicyclic amines) is 1. The maximum atomic E-state index is 12.5. The van der Waals surface area contributed by atoms with Crippen molar-refractivity contribution in [3.63, 3.8) is 0 Å². The summed E-state index contributed by atoms with van der Waals surface area (Å²) in [4.78, 5) is 14.2. The van der Waals surface area contributed by atoms with Gasteiger partial charge in [-0.25, -0.2) is 0 Å². The van der Waals surface area contributed by atoms with E-state index in [1.54, 1.807) is 4.90 Å². The molecule has 1 saturated heterocycles. The Morgan fingerprint density at radius 2 is 2.22 bits per heavy atom. The van der Waals surface area contributed by atoms with Crippen LogP contribution in [0.25, 0.3) is 0 Å². The van der Waals surface area contributed by atoms with E-state index in [0.717, 1.165) is 44.9 Å². The summed E-state index contributed by atoms with van der Waals surface area (Å²) < 4.78 is 0. The molecule has 1 amide bonds. The molecule has 128 valence electrons. The van der Waals surface area contributed by atoms with E-state index in [1.807, 2.05) is 0 Å². The minimum atomic E-state index is -0.581. The Morgan fingerprint density at radius 3 is 2.96 bits per heavy atom. The molecule has 5 heteroatoms. The summed E-state index contributed by atoms with van der Waals surface area (Å²) in [7, 11) is 0. The Balaban J connectivity index is 1.64. The molecule has 0 aromatic rings. The highest BCUT2D eigenvalue weighted by molar-refractivity contribution is 5.79. The number of rotatable bonds is 4. The van der Waals surface area contributed by atoms with Gasteiger partial charge >= 0.3 is 0 Å². The van der Waals surface area contributed by atoms with E-state index in [1.165, 1.54) is 12.8 Å². The highest BCUT2D eigenvalue weighted by Crippen LogP contribution is 2.48. The van der Waals surface area contributed by atoms with Crippen molar-refractivity contribution >= 4 is 5.91 Å². The number of carbonyl (C=O) groups excluding carboxylic acids is 1. The third kappa shape index (κ3) is 3.39. The standard InChI is InChI=1S/C18H29N3O2/c1-2-18(23)10-14-5-3-7-17(9-14,13-18)20-12-16(22)21-8-4-6-15(21)11-19/h14-15,20,23H,2-10,12-13H2,1H3/t14?,15-,17?,18?/m1/s1. The van der Waals surface area contributed by atoms with Gasteiger partial charge in [0.15, 0.2) is 0 Å². The molecule has 5 nitrogen and oxygen atoms in total. The van der Waals surface area contributed by atoms with Crippen LogP contribution in [0.2, 0.25) is 0 Å². The molecule has 2 saturated carbocycles. The van der Waals surface area contributed by atoms with Gasteiger partial charge in [-0.2, -0.15) is 5.26 Å². The largest absolute Gasteiger partial charge is 0.390 e. The van der Waals surface area contributed by atoms with Crippen molar-refractivity contribution in [3.05, 3.63) is 0 Å². The monoisotopic (exact) mass is 319 g/mol. The molecular formula is C18H29N3O2. The Morgan fingerprint density at radius 1 is 1.39 bits per heavy atom. The number of carbonyl (C=O) groups is 1. The third-order valence-corrected chi connectivity index (χ3v) is 6.28. The predicted octanol–water partition coefficient (Wildman–Crippen LogP) is 1.95. The van der Waals surface area contributed by atoms with Gasteiger partial charge in [0.1, 0.15) is 6.04 Å². The van der Waals surface area contributed by atoms with E-state index in [4.69, 9.17) is 5.26 Å². The maximum Gasteiger partial charge on any atom is 0.237 e. The van der Waals surface area contributed by atoms with Crippen LogP contribution < -0.4 is 5.32 Å². The summed E-state index contributed by atoms with van der Waals surface area (Å²) in [6.45, 7) is 3.06. The van der Waals surface area contributed by atoms with Gasteiger partial charge in [0, 0.05) is 12.1 Å². The average molecular weight is 319 g/mol. The molecule has 1 heterocycles. The van der Waals surface area contributed by atoms with Gasteiger partial charge in [-0.05, 0) is 50.9 Å². The van der Waals surface area contributed by atoms with Gasteiger partial charge in [0.2, 0.25) is 5.91 Å². The number of aliphatic hydroxyl groups is 1. The van der Waals surface area contributed by atoms with Crippen molar-refractivity contribution in [1.82, 2.24) is 10.2 Å². The third-order valence-electron chi connectivity index (χ3n) is 6.28. The van der Waals surface area contributed by atoms with Crippen molar-refractivity contribution in [3.8, 4) is 6.07 Å². The van der Waals surface area contributed by atoms with E-state index in [2.05, 4.69) is 18.3 Å². The second-order valence-corrected chi connectivity index (χ2v) is 7.93. The molecule has 0 spiro atoms. The number of fused-ring (bicyclic) bond motifs is 2. The Kier molecular flexibility index (Phi) is 4.66. The fourth-order valence-corrected chi connectivity index (χ4v) is 5.12. The zero-order chi connectivity index (χ0) is 16.5. The van der Waals surface area contributed by atoms with E-state index >= 15 is 0 Å². The number of nitrogens with one attached hydrogen (secondary N) is 1. The fraction of sp³-hybridized carbons (Fsp3) is 0.889. The summed E-state index contributed by atoms with van der Waals surface area (Å²) in [5.74, 6) is 0.611. The molecule has 3 fully saturated rings. The quantitative estimate of drug-likeness (QED) is 0.830. The molecule has 2 bridgehead atoms. The molecule has 0 aromatic heterocycles. The lowest BCUT2D eigenvalue weighted by Gasteiger charge is -2.52. The van der Waals surface area contributed by atoms with Gasteiger partial charge in [-0.3, -0.25) is 4.79 Å². The molecule has 0 radical (unpaired) electrons. The minimum Gasteiger partial charge on any atom is -0.390 e. The number of nitrogens with zero attached hydrogens (tertiary/aromatic N) is 2. The van der Waals surface area contributed by atoms with Crippen molar-refractivity contribution < 1.29 is 9.90 Å². The highest BCUT2D eigenvalue weighted by atomic mass is 16.3. The van der Waals surface area contributed by atoms with Crippen LogP contribution in [0.4, 0.5) is 0 Å². The molecule has 1 aliphatic heterocycles. The Labute approximate surface area is 139 Å². The Bertz CT molecular complexity index is 503. The van der Waals surface area contributed by atoms with Gasteiger partial charge in [0.05, 0.1) is 18.2 Å². The minimum absolute atomic E-state index is 0.0381. The van der Waals surface area contributed by atoms with Crippen LogP contribution in [0.5, 0.6) is 0 Å². The van der Waals surface area contributed by atoms with E-state index in [0.29, 0.717) is 19.0 Å². The SMILES string of the molecule is CCC1(O)CC2CCCC(NCC(=O)N3CCC[C@@H]3C#N)(C2)C1. The predicted molar refractivity (Wildman–Crippen MR) is 87.5 cm³/mol. The van der Waals surface area contributed by atoms with Crippen molar-refractivity contribution in [2.75, 3.05) is 13.1 Å². The first kappa shape index (κ1) is 16.7. The molecule has 23 heavy (non-hydrogen) atoms. The fourth-order valence-electron chi connectivity index (χ4n) is 5.12. The second-order valence-electron chi connectivity index (χ2n) is 7.93. The van der Waals surface area contributed by atoms with Crippen LogP contribution in [0.3, 0.4) is 0 Å². The van der Waals surface area contributed by atoms with E-state index in [9.17, 15) is 9.90 Å². The van der Waals surface area contributed by atoms with Crippen LogP contribution in [-0.2, 0) is 4.79 Å². The number of hydrogen-bond acceptors (Lipinski definition) is 4. The van der Waals surface area contributed by atoms with Crippen molar-refractivity contribution in [2.45, 2.75) is 81.9 Å². The molecule has 2 aliphatic carbocycles. The average Bonchev–Trinajstić information content (AvgIpc) is 3.01. The molecule has 4 atom stereocenters. The molecular weight excluding hydrogens is 290 g/mol. The van der Waals surface area contributed by atoms with Crippen LogP contribution in [0.1, 0.15) is 64.7 Å². The van der Waals surface area contributed by atoms with Crippen LogP contribution in [0, 0.1) is 17.2 Å². The maximum absolute atomic E-state index is 12.5. The smallest absolute Gasteiger partial charge is 0.237 e. The summed E-state index contributed by atoms with van der Waals surface area (Å²) in [6.07, 6.45) is 8.65. The lowest BCUT2D eigenvalue weighted by Crippen LogP contribution is -2.60. The van der Waals surface area contributed by atoms with Crippen LogP contribution >= 0.6 is 0 Å². The second kappa shape index (κ2) is 6.41. The Hall–Kier alpha value is -1.12. The molecule has 0 aromatic carbocycles. The van der Waals surface area contributed by atoms with Crippen molar-refractivity contribution in [2.24, 2.45) is 5.92 Å². The van der Waals surface area contributed by atoms with Crippen LogP contribution in [-0.4, -0.2) is 46.2 Å². The lowest BCUT2D eigenvalue weighted by molar-refractivity contribution is -0.131. The van der Waals surface area contributed by atoms with Gasteiger partial charge in [-0.1, -0.05) is 19.8 Å². The molecule has 3 rings (SSSR count). The number of amides is 1. The topological polar surface area (TPSA) is 76.4 Å². The van der Waals surface area contributed by atoms with Gasteiger partial charge in [-0.15, -0.1) is 0 Å². The summed E-state index contributed by atoms with van der Waals surface area (Å²) >= 11 is 0.